The molecular weight excluding hydrogens is 228 g/mol. The van der Waals surface area contributed by atoms with Gasteiger partial charge in [-0.2, -0.15) is 0 Å². The summed E-state index contributed by atoms with van der Waals surface area (Å²) in [6, 6.07) is 0.604. The summed E-state index contributed by atoms with van der Waals surface area (Å²) in [6.45, 7) is 8.34. The third kappa shape index (κ3) is 5.22. The first-order chi connectivity index (χ1) is 8.71. The molecule has 108 valence electrons. The molecule has 1 aliphatic heterocycles. The predicted octanol–water partition coefficient (Wildman–Crippen LogP) is 1.50. The first kappa shape index (κ1) is 15.9. The van der Waals surface area contributed by atoms with Crippen molar-refractivity contribution in [2.45, 2.75) is 51.4 Å². The van der Waals surface area contributed by atoms with Crippen LogP contribution in [0.4, 0.5) is 0 Å². The summed E-state index contributed by atoms with van der Waals surface area (Å²) in [5.74, 6) is 0. The van der Waals surface area contributed by atoms with Gasteiger partial charge in [-0.1, -0.05) is 6.92 Å². The molecule has 0 radical (unpaired) electrons. The maximum absolute atomic E-state index is 6.06. The van der Waals surface area contributed by atoms with Crippen LogP contribution >= 0.6 is 0 Å². The van der Waals surface area contributed by atoms with Crippen LogP contribution in [0.5, 0.6) is 0 Å². The van der Waals surface area contributed by atoms with E-state index in [0.717, 1.165) is 26.2 Å². The second-order valence-electron chi connectivity index (χ2n) is 5.26. The highest BCUT2D eigenvalue weighted by atomic mass is 16.5. The van der Waals surface area contributed by atoms with Crippen molar-refractivity contribution < 1.29 is 9.47 Å². The molecule has 4 heteroatoms. The molecule has 1 N–H and O–H groups in total. The zero-order chi connectivity index (χ0) is 13.4. The van der Waals surface area contributed by atoms with Crippen LogP contribution in [0.3, 0.4) is 0 Å². The molecule has 0 bridgehead atoms. The van der Waals surface area contributed by atoms with Crippen LogP contribution in [0.15, 0.2) is 0 Å². The van der Waals surface area contributed by atoms with Gasteiger partial charge in [0.15, 0.2) is 0 Å². The molecule has 1 rings (SSSR count). The Morgan fingerprint density at radius 2 is 2.11 bits per heavy atom. The summed E-state index contributed by atoms with van der Waals surface area (Å²) >= 11 is 0. The number of hydrogen-bond donors (Lipinski definition) is 1. The Hall–Kier alpha value is -0.160. The van der Waals surface area contributed by atoms with Crippen LogP contribution in [0, 0.1) is 0 Å². The molecule has 0 aromatic heterocycles. The first-order valence-corrected chi connectivity index (χ1v) is 7.24. The van der Waals surface area contributed by atoms with Gasteiger partial charge < -0.3 is 14.8 Å². The molecule has 3 unspecified atom stereocenters. The molecule has 0 saturated carbocycles. The zero-order valence-corrected chi connectivity index (χ0v) is 12.4. The van der Waals surface area contributed by atoms with Gasteiger partial charge in [-0.15, -0.1) is 0 Å². The van der Waals surface area contributed by atoms with E-state index in [0.29, 0.717) is 18.2 Å². The van der Waals surface area contributed by atoms with Crippen molar-refractivity contribution in [2.75, 3.05) is 40.4 Å². The van der Waals surface area contributed by atoms with Crippen LogP contribution in [0.2, 0.25) is 0 Å². The lowest BCUT2D eigenvalue weighted by Crippen LogP contribution is -2.41. The van der Waals surface area contributed by atoms with E-state index < -0.39 is 0 Å². The Morgan fingerprint density at radius 1 is 1.39 bits per heavy atom. The van der Waals surface area contributed by atoms with Crippen molar-refractivity contribution in [3.8, 4) is 0 Å². The SMILES string of the molecule is CCC(C)N(CCOC)CC1CCC(CNC)O1. The zero-order valence-electron chi connectivity index (χ0n) is 12.4. The van der Waals surface area contributed by atoms with Gasteiger partial charge in [0.2, 0.25) is 0 Å². The van der Waals surface area contributed by atoms with Crippen LogP contribution in [0.1, 0.15) is 33.1 Å². The molecule has 1 fully saturated rings. The summed E-state index contributed by atoms with van der Waals surface area (Å²) in [5, 5.41) is 3.19. The van der Waals surface area contributed by atoms with Crippen molar-refractivity contribution in [3.05, 3.63) is 0 Å². The minimum Gasteiger partial charge on any atom is -0.383 e. The van der Waals surface area contributed by atoms with Crippen molar-refractivity contribution in [1.82, 2.24) is 10.2 Å². The molecule has 1 aliphatic rings. The highest BCUT2D eigenvalue weighted by molar-refractivity contribution is 4.79. The summed E-state index contributed by atoms with van der Waals surface area (Å²) in [7, 11) is 3.75. The van der Waals surface area contributed by atoms with E-state index in [-0.39, 0.29) is 0 Å². The molecule has 3 atom stereocenters. The predicted molar refractivity (Wildman–Crippen MR) is 75.0 cm³/mol. The maximum Gasteiger partial charge on any atom is 0.0707 e. The van der Waals surface area contributed by atoms with Crippen molar-refractivity contribution in [2.24, 2.45) is 0 Å². The standard InChI is InChI=1S/C14H30N2O2/c1-5-12(2)16(8-9-17-4)11-14-7-6-13(18-14)10-15-3/h12-15H,5-11H2,1-4H3. The number of nitrogens with one attached hydrogen (secondary N) is 1. The van der Waals surface area contributed by atoms with Crippen molar-refractivity contribution in [3.63, 3.8) is 0 Å². The van der Waals surface area contributed by atoms with Gasteiger partial charge in [0.05, 0.1) is 18.8 Å². The Labute approximate surface area is 112 Å². The van der Waals surface area contributed by atoms with Gasteiger partial charge in [0.1, 0.15) is 0 Å². The Balaban J connectivity index is 2.36. The normalized spacial score (nSPS) is 25.8. The van der Waals surface area contributed by atoms with Crippen LogP contribution in [-0.2, 0) is 9.47 Å². The number of hydrogen-bond acceptors (Lipinski definition) is 4. The molecule has 0 aliphatic carbocycles. The molecule has 0 aromatic carbocycles. The molecular formula is C14H30N2O2. The van der Waals surface area contributed by atoms with E-state index in [1.54, 1.807) is 7.11 Å². The van der Waals surface area contributed by atoms with Gasteiger partial charge in [-0.05, 0) is 33.2 Å². The minimum atomic E-state index is 0.397. The summed E-state index contributed by atoms with van der Waals surface area (Å²) in [4.78, 5) is 2.50. The second kappa shape index (κ2) is 8.86. The minimum absolute atomic E-state index is 0.397. The summed E-state index contributed by atoms with van der Waals surface area (Å²) in [6.07, 6.45) is 4.35. The van der Waals surface area contributed by atoms with Gasteiger partial charge in [-0.25, -0.2) is 0 Å². The molecule has 4 nitrogen and oxygen atoms in total. The number of methoxy groups -OCH3 is 1. The number of rotatable bonds is 9. The average Bonchev–Trinajstić information content (AvgIpc) is 2.81. The highest BCUT2D eigenvalue weighted by Gasteiger charge is 2.27. The molecule has 0 amide bonds. The molecule has 1 heterocycles. The van der Waals surface area contributed by atoms with E-state index in [1.165, 1.54) is 19.3 Å². The Morgan fingerprint density at radius 3 is 2.72 bits per heavy atom. The van der Waals surface area contributed by atoms with Gasteiger partial charge >= 0.3 is 0 Å². The number of ether oxygens (including phenoxy) is 2. The first-order valence-electron chi connectivity index (χ1n) is 7.24. The Bertz CT molecular complexity index is 214. The lowest BCUT2D eigenvalue weighted by atomic mass is 10.1. The number of likely N-dealkylation sites (N-methyl/N-ethyl adjacent to an activating group) is 1. The van der Waals surface area contributed by atoms with Crippen molar-refractivity contribution in [1.29, 1.82) is 0 Å². The monoisotopic (exact) mass is 258 g/mol. The summed E-state index contributed by atoms with van der Waals surface area (Å²) in [5.41, 5.74) is 0. The third-order valence-corrected chi connectivity index (χ3v) is 3.86. The van der Waals surface area contributed by atoms with E-state index in [1.807, 2.05) is 7.05 Å². The molecule has 0 spiro atoms. The fraction of sp³-hybridized carbons (Fsp3) is 1.00. The third-order valence-electron chi connectivity index (χ3n) is 3.86. The topological polar surface area (TPSA) is 33.7 Å². The molecule has 0 aromatic rings. The quantitative estimate of drug-likeness (QED) is 0.679. The van der Waals surface area contributed by atoms with Crippen LogP contribution < -0.4 is 5.32 Å². The fourth-order valence-electron chi connectivity index (χ4n) is 2.51. The second-order valence-corrected chi connectivity index (χ2v) is 5.26. The summed E-state index contributed by atoms with van der Waals surface area (Å²) < 4.78 is 11.3. The Kier molecular flexibility index (Phi) is 7.82. The highest BCUT2D eigenvalue weighted by Crippen LogP contribution is 2.21. The largest absolute Gasteiger partial charge is 0.383 e. The van der Waals surface area contributed by atoms with E-state index in [2.05, 4.69) is 24.1 Å². The smallest absolute Gasteiger partial charge is 0.0707 e. The van der Waals surface area contributed by atoms with Crippen LogP contribution in [-0.4, -0.2) is 63.5 Å². The van der Waals surface area contributed by atoms with E-state index in [4.69, 9.17) is 9.47 Å². The average molecular weight is 258 g/mol. The van der Waals surface area contributed by atoms with Crippen LogP contribution in [0.25, 0.3) is 0 Å². The van der Waals surface area contributed by atoms with E-state index >= 15 is 0 Å². The lowest BCUT2D eigenvalue weighted by Gasteiger charge is -2.30. The maximum atomic E-state index is 6.06. The lowest BCUT2D eigenvalue weighted by molar-refractivity contribution is 0.0102. The fourth-order valence-corrected chi connectivity index (χ4v) is 2.51. The van der Waals surface area contributed by atoms with E-state index in [9.17, 15) is 0 Å². The van der Waals surface area contributed by atoms with Gasteiger partial charge in [0, 0.05) is 32.8 Å². The van der Waals surface area contributed by atoms with Gasteiger partial charge in [-0.3, -0.25) is 4.90 Å². The molecule has 18 heavy (non-hydrogen) atoms. The van der Waals surface area contributed by atoms with Crippen molar-refractivity contribution >= 4 is 0 Å². The van der Waals surface area contributed by atoms with Gasteiger partial charge in [0.25, 0.3) is 0 Å². The number of nitrogens with zero attached hydrogens (tertiary/aromatic N) is 1. The molecule has 1 saturated heterocycles.